The summed E-state index contributed by atoms with van der Waals surface area (Å²) in [7, 11) is 4.97. The third-order valence-corrected chi connectivity index (χ3v) is 7.34. The van der Waals surface area contributed by atoms with E-state index in [1.54, 1.807) is 21.3 Å². The average Bonchev–Trinajstić information content (AvgIpc) is 3.18. The molecule has 5 nitrogen and oxygen atoms in total. The lowest BCUT2D eigenvalue weighted by molar-refractivity contribution is -0.116. The quantitative estimate of drug-likeness (QED) is 0.535. The molecule has 0 bridgehead atoms. The van der Waals surface area contributed by atoms with Gasteiger partial charge < -0.3 is 19.5 Å². The van der Waals surface area contributed by atoms with Crippen molar-refractivity contribution in [3.63, 3.8) is 0 Å². The summed E-state index contributed by atoms with van der Waals surface area (Å²) in [5, 5.41) is 3.30. The molecule has 1 aliphatic carbocycles. The van der Waals surface area contributed by atoms with Crippen LogP contribution in [-0.4, -0.2) is 33.3 Å². The summed E-state index contributed by atoms with van der Waals surface area (Å²) >= 11 is 3.63. The van der Waals surface area contributed by atoms with Crippen LogP contribution in [0.1, 0.15) is 22.3 Å². The van der Waals surface area contributed by atoms with Gasteiger partial charge in [-0.15, -0.1) is 0 Å². The molecule has 33 heavy (non-hydrogen) atoms. The fraction of sp³-hybridized carbons (Fsp3) is 0.222. The molecule has 1 heterocycles. The maximum Gasteiger partial charge on any atom is 0.251 e. The highest BCUT2D eigenvalue weighted by molar-refractivity contribution is 9.10. The second-order valence-electron chi connectivity index (χ2n) is 8.23. The molecule has 2 aliphatic rings. The molecule has 3 aromatic rings. The summed E-state index contributed by atoms with van der Waals surface area (Å²) in [5.41, 5.74) is 4.00. The second kappa shape index (κ2) is 8.27. The Morgan fingerprint density at radius 1 is 0.939 bits per heavy atom. The molecule has 168 valence electrons. The van der Waals surface area contributed by atoms with Gasteiger partial charge in [-0.2, -0.15) is 0 Å². The van der Waals surface area contributed by atoms with E-state index in [0.29, 0.717) is 17.7 Å². The molecule has 6 heteroatoms. The third-order valence-electron chi connectivity index (χ3n) is 6.65. The van der Waals surface area contributed by atoms with Crippen LogP contribution in [0.5, 0.6) is 17.2 Å². The standard InChI is InChI=1S/C27H24BrNO4/c1-31-18-8-5-7-17(13-18)27-15-21(20-14-19(32-2)10-11-22(20)28)26(30)29-24(27)12-16-6-4-9-23(33-3)25(16)27/h4-11,13-15,24H,12H2,1-3H3,(H,29,30)/t24-,27+/m0/s1. The number of rotatable bonds is 5. The third kappa shape index (κ3) is 3.32. The van der Waals surface area contributed by atoms with Crippen LogP contribution in [0, 0.1) is 0 Å². The Balaban J connectivity index is 1.84. The van der Waals surface area contributed by atoms with E-state index in [1.807, 2.05) is 48.5 Å². The van der Waals surface area contributed by atoms with Crippen molar-refractivity contribution in [1.82, 2.24) is 5.32 Å². The van der Waals surface area contributed by atoms with Gasteiger partial charge in [-0.1, -0.05) is 46.3 Å². The summed E-state index contributed by atoms with van der Waals surface area (Å²) in [6, 6.07) is 19.6. The molecule has 0 saturated heterocycles. The number of benzene rings is 3. The first-order valence-electron chi connectivity index (χ1n) is 10.7. The van der Waals surface area contributed by atoms with E-state index < -0.39 is 5.41 Å². The summed E-state index contributed by atoms with van der Waals surface area (Å²) in [5.74, 6) is 2.13. The number of methoxy groups -OCH3 is 3. The average molecular weight is 506 g/mol. The number of hydrogen-bond acceptors (Lipinski definition) is 4. The van der Waals surface area contributed by atoms with E-state index >= 15 is 0 Å². The topological polar surface area (TPSA) is 56.8 Å². The van der Waals surface area contributed by atoms with Crippen LogP contribution in [0.3, 0.4) is 0 Å². The van der Waals surface area contributed by atoms with Crippen molar-refractivity contribution >= 4 is 27.4 Å². The Kier molecular flexibility index (Phi) is 5.41. The minimum absolute atomic E-state index is 0.112. The van der Waals surface area contributed by atoms with E-state index in [9.17, 15) is 4.79 Å². The zero-order chi connectivity index (χ0) is 23.2. The first kappa shape index (κ1) is 21.6. The normalized spacial score (nSPS) is 20.9. The number of ether oxygens (including phenoxy) is 3. The number of nitrogens with one attached hydrogen (secondary N) is 1. The lowest BCUT2D eigenvalue weighted by Crippen LogP contribution is -2.52. The molecule has 0 fully saturated rings. The number of carbonyl (C=O) groups excluding carboxylic acids is 1. The zero-order valence-electron chi connectivity index (χ0n) is 18.6. The smallest absolute Gasteiger partial charge is 0.251 e. The highest BCUT2D eigenvalue weighted by Crippen LogP contribution is 2.53. The number of hydrogen-bond donors (Lipinski definition) is 1. The van der Waals surface area contributed by atoms with Crippen LogP contribution in [0.25, 0.3) is 5.57 Å². The number of halogens is 1. The first-order chi connectivity index (χ1) is 16.0. The molecule has 1 N–H and O–H groups in total. The molecule has 0 radical (unpaired) electrons. The van der Waals surface area contributed by atoms with Crippen LogP contribution in [0.4, 0.5) is 0 Å². The van der Waals surface area contributed by atoms with Gasteiger partial charge in [0.15, 0.2) is 0 Å². The van der Waals surface area contributed by atoms with E-state index in [0.717, 1.165) is 38.2 Å². The Morgan fingerprint density at radius 2 is 1.70 bits per heavy atom. The van der Waals surface area contributed by atoms with Crippen LogP contribution >= 0.6 is 15.9 Å². The molecule has 0 aromatic heterocycles. The van der Waals surface area contributed by atoms with Crippen molar-refractivity contribution in [1.29, 1.82) is 0 Å². The number of amides is 1. The van der Waals surface area contributed by atoms with Crippen LogP contribution in [0.2, 0.25) is 0 Å². The lowest BCUT2D eigenvalue weighted by atomic mass is 9.69. The Hall–Kier alpha value is -3.25. The predicted octanol–water partition coefficient (Wildman–Crippen LogP) is 4.90. The highest BCUT2D eigenvalue weighted by atomic mass is 79.9. The molecular formula is C27H24BrNO4. The lowest BCUT2D eigenvalue weighted by Gasteiger charge is -2.40. The van der Waals surface area contributed by atoms with Crippen molar-refractivity contribution in [2.24, 2.45) is 0 Å². The van der Waals surface area contributed by atoms with Gasteiger partial charge in [0.05, 0.1) is 32.8 Å². The van der Waals surface area contributed by atoms with E-state index in [-0.39, 0.29) is 11.9 Å². The predicted molar refractivity (Wildman–Crippen MR) is 131 cm³/mol. The summed E-state index contributed by atoms with van der Waals surface area (Å²) < 4.78 is 17.6. The van der Waals surface area contributed by atoms with Crippen LogP contribution in [0.15, 0.2) is 71.2 Å². The van der Waals surface area contributed by atoms with E-state index in [4.69, 9.17) is 14.2 Å². The maximum absolute atomic E-state index is 13.4. The van der Waals surface area contributed by atoms with E-state index in [2.05, 4.69) is 39.5 Å². The van der Waals surface area contributed by atoms with Gasteiger partial charge >= 0.3 is 0 Å². The first-order valence-corrected chi connectivity index (χ1v) is 11.5. The molecule has 5 rings (SSSR count). The molecule has 1 amide bonds. The highest BCUT2D eigenvalue weighted by Gasteiger charge is 2.52. The maximum atomic E-state index is 13.4. The van der Waals surface area contributed by atoms with Crippen molar-refractivity contribution in [2.45, 2.75) is 17.9 Å². The van der Waals surface area contributed by atoms with Crippen LogP contribution < -0.4 is 19.5 Å². The molecule has 0 saturated carbocycles. The van der Waals surface area contributed by atoms with E-state index in [1.165, 1.54) is 0 Å². The number of fused-ring (bicyclic) bond motifs is 3. The van der Waals surface area contributed by atoms with Gasteiger partial charge in [-0.05, 0) is 53.9 Å². The molecule has 2 atom stereocenters. The van der Waals surface area contributed by atoms with Gasteiger partial charge in [0.25, 0.3) is 5.91 Å². The van der Waals surface area contributed by atoms with Gasteiger partial charge in [0.2, 0.25) is 0 Å². The Morgan fingerprint density at radius 3 is 2.45 bits per heavy atom. The minimum Gasteiger partial charge on any atom is -0.497 e. The molecular weight excluding hydrogens is 482 g/mol. The Labute approximate surface area is 201 Å². The van der Waals surface area contributed by atoms with Crippen molar-refractivity contribution < 1.29 is 19.0 Å². The zero-order valence-corrected chi connectivity index (χ0v) is 20.2. The summed E-state index contributed by atoms with van der Waals surface area (Å²) in [6.07, 6.45) is 2.80. The van der Waals surface area contributed by atoms with Crippen molar-refractivity contribution in [3.05, 3.63) is 93.5 Å². The summed E-state index contributed by atoms with van der Waals surface area (Å²) in [4.78, 5) is 13.4. The van der Waals surface area contributed by atoms with Gasteiger partial charge in [0.1, 0.15) is 17.2 Å². The fourth-order valence-corrected chi connectivity index (χ4v) is 5.62. The van der Waals surface area contributed by atoms with Gasteiger partial charge in [0, 0.05) is 21.2 Å². The van der Waals surface area contributed by atoms with Gasteiger partial charge in [-0.25, -0.2) is 0 Å². The SMILES string of the molecule is COc1cccc([C@]23C=C(c4cc(OC)ccc4Br)C(=O)N[C@H]2Cc2cccc(OC)c23)c1. The minimum atomic E-state index is -0.623. The van der Waals surface area contributed by atoms with Crippen molar-refractivity contribution in [2.75, 3.05) is 21.3 Å². The molecule has 0 unspecified atom stereocenters. The Bertz CT molecular complexity index is 1280. The second-order valence-corrected chi connectivity index (χ2v) is 9.08. The van der Waals surface area contributed by atoms with Crippen LogP contribution in [-0.2, 0) is 16.6 Å². The fourth-order valence-electron chi connectivity index (χ4n) is 5.16. The van der Waals surface area contributed by atoms with Crippen molar-refractivity contribution in [3.8, 4) is 17.2 Å². The summed E-state index contributed by atoms with van der Waals surface area (Å²) in [6.45, 7) is 0. The number of carbonyl (C=O) groups is 1. The monoisotopic (exact) mass is 505 g/mol. The molecule has 0 spiro atoms. The molecule has 3 aromatic carbocycles. The molecule has 1 aliphatic heterocycles. The van der Waals surface area contributed by atoms with Gasteiger partial charge in [-0.3, -0.25) is 4.79 Å². The largest absolute Gasteiger partial charge is 0.497 e.